The molecule has 0 aliphatic heterocycles. The fourth-order valence-corrected chi connectivity index (χ4v) is 2.02. The van der Waals surface area contributed by atoms with Gasteiger partial charge in [-0.3, -0.25) is 9.38 Å². The van der Waals surface area contributed by atoms with E-state index < -0.39 is 0 Å². The monoisotopic (exact) mass is 253 g/mol. The maximum absolute atomic E-state index is 11.8. The molecule has 0 amide bonds. The summed E-state index contributed by atoms with van der Waals surface area (Å²) in [4.78, 5) is 20.2. The topological polar surface area (TPSA) is 56.5 Å². The van der Waals surface area contributed by atoms with E-state index in [2.05, 4.69) is 9.97 Å². The minimum atomic E-state index is -0.390. The van der Waals surface area contributed by atoms with E-state index in [-0.39, 0.29) is 5.97 Å². The van der Waals surface area contributed by atoms with Crippen LogP contribution in [0.1, 0.15) is 10.5 Å². The first-order chi connectivity index (χ1) is 9.31. The lowest BCUT2D eigenvalue weighted by atomic mass is 10.2. The molecule has 0 saturated carbocycles. The van der Waals surface area contributed by atoms with Crippen molar-refractivity contribution in [3.8, 4) is 11.4 Å². The minimum absolute atomic E-state index is 0.390. The van der Waals surface area contributed by atoms with Gasteiger partial charge < -0.3 is 4.74 Å². The average Bonchev–Trinajstić information content (AvgIpc) is 2.91. The number of fused-ring (bicyclic) bond motifs is 1. The average molecular weight is 253 g/mol. The van der Waals surface area contributed by atoms with Gasteiger partial charge in [-0.05, 0) is 24.3 Å². The Hall–Kier alpha value is -2.69. The third-order valence-corrected chi connectivity index (χ3v) is 2.88. The van der Waals surface area contributed by atoms with E-state index in [1.807, 2.05) is 18.2 Å². The van der Waals surface area contributed by atoms with Gasteiger partial charge in [0.25, 0.3) is 0 Å². The Labute approximate surface area is 109 Å². The summed E-state index contributed by atoms with van der Waals surface area (Å²) in [6.45, 7) is 0. The van der Waals surface area contributed by atoms with E-state index in [9.17, 15) is 4.79 Å². The van der Waals surface area contributed by atoms with E-state index >= 15 is 0 Å². The van der Waals surface area contributed by atoms with Gasteiger partial charge in [0.2, 0.25) is 0 Å². The number of carbonyl (C=O) groups is 1. The molecule has 5 heteroatoms. The van der Waals surface area contributed by atoms with Crippen LogP contribution in [0.5, 0.6) is 0 Å². The number of hydrogen-bond acceptors (Lipinski definition) is 4. The summed E-state index contributed by atoms with van der Waals surface area (Å²) in [7, 11) is 1.37. The molecule has 0 radical (unpaired) electrons. The van der Waals surface area contributed by atoms with E-state index in [1.165, 1.54) is 7.11 Å². The summed E-state index contributed by atoms with van der Waals surface area (Å²) in [6.07, 6.45) is 5.11. The normalized spacial score (nSPS) is 10.6. The largest absolute Gasteiger partial charge is 0.464 e. The SMILES string of the molecule is COC(=O)c1cccc2cnc(-c3ccncc3)n12. The fourth-order valence-electron chi connectivity index (χ4n) is 2.02. The molecule has 0 aliphatic carbocycles. The zero-order valence-electron chi connectivity index (χ0n) is 10.3. The Kier molecular flexibility index (Phi) is 2.72. The molecule has 0 saturated heterocycles. The van der Waals surface area contributed by atoms with E-state index in [1.54, 1.807) is 35.1 Å². The molecule has 0 aromatic carbocycles. The lowest BCUT2D eigenvalue weighted by Gasteiger charge is -2.06. The molecule has 0 bridgehead atoms. The second-order valence-electron chi connectivity index (χ2n) is 3.98. The van der Waals surface area contributed by atoms with Crippen LogP contribution in [-0.4, -0.2) is 27.4 Å². The lowest BCUT2D eigenvalue weighted by Crippen LogP contribution is -2.08. The molecular formula is C14H11N3O2. The zero-order chi connectivity index (χ0) is 13.2. The number of esters is 1. The second kappa shape index (κ2) is 4.53. The maximum atomic E-state index is 11.8. The zero-order valence-corrected chi connectivity index (χ0v) is 10.3. The first-order valence-electron chi connectivity index (χ1n) is 5.76. The summed E-state index contributed by atoms with van der Waals surface area (Å²) in [6, 6.07) is 9.11. The van der Waals surface area contributed by atoms with Gasteiger partial charge in [0.15, 0.2) is 0 Å². The van der Waals surface area contributed by atoms with Crippen molar-refractivity contribution in [2.45, 2.75) is 0 Å². The van der Waals surface area contributed by atoms with Crippen LogP contribution in [0.4, 0.5) is 0 Å². The molecular weight excluding hydrogens is 242 g/mol. The molecule has 19 heavy (non-hydrogen) atoms. The number of pyridine rings is 2. The quantitative estimate of drug-likeness (QED) is 0.657. The highest BCUT2D eigenvalue weighted by atomic mass is 16.5. The smallest absolute Gasteiger partial charge is 0.355 e. The third-order valence-electron chi connectivity index (χ3n) is 2.88. The van der Waals surface area contributed by atoms with Gasteiger partial charge in [0.05, 0.1) is 18.8 Å². The standard InChI is InChI=1S/C14H11N3O2/c1-19-14(18)12-4-2-3-11-9-16-13(17(11)12)10-5-7-15-8-6-10/h2-9H,1H3. The number of imidazole rings is 1. The highest BCUT2D eigenvalue weighted by Gasteiger charge is 2.14. The van der Waals surface area contributed by atoms with Crippen molar-refractivity contribution in [2.24, 2.45) is 0 Å². The molecule has 0 atom stereocenters. The Morgan fingerprint density at radius 2 is 2.00 bits per heavy atom. The Balaban J connectivity index is 2.30. The Bertz CT molecular complexity index is 735. The van der Waals surface area contributed by atoms with E-state index in [0.29, 0.717) is 11.5 Å². The van der Waals surface area contributed by atoms with Crippen molar-refractivity contribution in [3.05, 3.63) is 54.6 Å². The van der Waals surface area contributed by atoms with Crippen molar-refractivity contribution >= 4 is 11.5 Å². The number of nitrogens with zero attached hydrogens (tertiary/aromatic N) is 3. The van der Waals surface area contributed by atoms with Gasteiger partial charge in [-0.25, -0.2) is 9.78 Å². The van der Waals surface area contributed by atoms with E-state index in [4.69, 9.17) is 4.74 Å². The first-order valence-corrected chi connectivity index (χ1v) is 5.76. The van der Waals surface area contributed by atoms with Gasteiger partial charge in [0.1, 0.15) is 11.5 Å². The summed E-state index contributed by atoms with van der Waals surface area (Å²) in [5.74, 6) is 0.303. The summed E-state index contributed by atoms with van der Waals surface area (Å²) in [5, 5.41) is 0. The molecule has 0 spiro atoms. The number of methoxy groups -OCH3 is 1. The second-order valence-corrected chi connectivity index (χ2v) is 3.98. The van der Waals surface area contributed by atoms with E-state index in [0.717, 1.165) is 11.1 Å². The molecule has 94 valence electrons. The number of aromatic nitrogens is 3. The predicted molar refractivity (Wildman–Crippen MR) is 69.8 cm³/mol. The van der Waals surface area contributed by atoms with Crippen LogP contribution in [0.15, 0.2) is 48.9 Å². The maximum Gasteiger partial charge on any atom is 0.355 e. The van der Waals surface area contributed by atoms with Crippen LogP contribution >= 0.6 is 0 Å². The van der Waals surface area contributed by atoms with Gasteiger partial charge >= 0.3 is 5.97 Å². The predicted octanol–water partition coefficient (Wildman–Crippen LogP) is 2.18. The molecule has 3 aromatic rings. The summed E-state index contributed by atoms with van der Waals surface area (Å²) in [5.41, 5.74) is 2.19. The molecule has 5 nitrogen and oxygen atoms in total. The number of carbonyl (C=O) groups excluding carboxylic acids is 1. The Morgan fingerprint density at radius 3 is 2.74 bits per heavy atom. The van der Waals surface area contributed by atoms with Crippen molar-refractivity contribution < 1.29 is 9.53 Å². The molecule has 0 fully saturated rings. The van der Waals surface area contributed by atoms with Crippen LogP contribution in [0.3, 0.4) is 0 Å². The van der Waals surface area contributed by atoms with Crippen LogP contribution in [0.2, 0.25) is 0 Å². The Morgan fingerprint density at radius 1 is 1.21 bits per heavy atom. The molecule has 3 heterocycles. The summed E-state index contributed by atoms with van der Waals surface area (Å²) < 4.78 is 6.58. The minimum Gasteiger partial charge on any atom is -0.464 e. The summed E-state index contributed by atoms with van der Waals surface area (Å²) >= 11 is 0. The molecule has 0 unspecified atom stereocenters. The highest BCUT2D eigenvalue weighted by Crippen LogP contribution is 2.21. The van der Waals surface area contributed by atoms with Crippen LogP contribution < -0.4 is 0 Å². The van der Waals surface area contributed by atoms with Gasteiger partial charge in [0, 0.05) is 18.0 Å². The van der Waals surface area contributed by atoms with Crippen LogP contribution in [0.25, 0.3) is 16.9 Å². The highest BCUT2D eigenvalue weighted by molar-refractivity contribution is 5.89. The molecule has 3 rings (SSSR count). The number of hydrogen-bond donors (Lipinski definition) is 0. The van der Waals surface area contributed by atoms with Crippen LogP contribution in [0, 0.1) is 0 Å². The first kappa shape index (κ1) is 11.4. The number of ether oxygens (including phenoxy) is 1. The van der Waals surface area contributed by atoms with Crippen LogP contribution in [-0.2, 0) is 4.74 Å². The number of rotatable bonds is 2. The van der Waals surface area contributed by atoms with Crippen molar-refractivity contribution in [3.63, 3.8) is 0 Å². The van der Waals surface area contributed by atoms with Crippen molar-refractivity contribution in [1.82, 2.24) is 14.4 Å². The fraction of sp³-hybridized carbons (Fsp3) is 0.0714. The van der Waals surface area contributed by atoms with Crippen molar-refractivity contribution in [1.29, 1.82) is 0 Å². The van der Waals surface area contributed by atoms with Gasteiger partial charge in [-0.1, -0.05) is 6.07 Å². The van der Waals surface area contributed by atoms with Crippen molar-refractivity contribution in [2.75, 3.05) is 7.11 Å². The molecule has 3 aromatic heterocycles. The molecule has 0 N–H and O–H groups in total. The van der Waals surface area contributed by atoms with Gasteiger partial charge in [-0.15, -0.1) is 0 Å². The third kappa shape index (κ3) is 1.85. The lowest BCUT2D eigenvalue weighted by molar-refractivity contribution is 0.0592. The molecule has 0 aliphatic rings. The van der Waals surface area contributed by atoms with Gasteiger partial charge in [-0.2, -0.15) is 0 Å².